The highest BCUT2D eigenvalue weighted by Gasteiger charge is 2.23. The van der Waals surface area contributed by atoms with Crippen LogP contribution in [0.15, 0.2) is 206 Å². The SMILES string of the molecule is c1ccc(-n2c3ccccc3c3cc(-c4ccc5c(c4)c4ccccc4n5-c4ccc(-c5ccc6c(c5)-c5cc7ccccc7c7cccc-6c57)cc4)ccc32)cc1. The number of para-hydroxylation sites is 3. The first kappa shape index (κ1) is 31.5. The third-order valence-corrected chi connectivity index (χ3v) is 12.6. The summed E-state index contributed by atoms with van der Waals surface area (Å²) in [5.74, 6) is 0. The second-order valence-electron chi connectivity index (χ2n) is 15.7. The highest BCUT2D eigenvalue weighted by Crippen LogP contribution is 2.50. The van der Waals surface area contributed by atoms with E-state index in [4.69, 9.17) is 0 Å². The topological polar surface area (TPSA) is 9.86 Å². The molecule has 0 atom stereocenters. The molecular weight excluding hydrogens is 701 g/mol. The summed E-state index contributed by atoms with van der Waals surface area (Å²) in [4.78, 5) is 0. The predicted octanol–water partition coefficient (Wildman–Crippen LogP) is 15.2. The molecule has 2 aromatic heterocycles. The first-order valence-corrected chi connectivity index (χ1v) is 20.1. The molecule has 0 saturated carbocycles. The van der Waals surface area contributed by atoms with Crippen LogP contribution in [0.2, 0.25) is 0 Å². The zero-order valence-corrected chi connectivity index (χ0v) is 31.5. The molecule has 12 aromatic rings. The van der Waals surface area contributed by atoms with Crippen molar-refractivity contribution in [3.63, 3.8) is 0 Å². The Morgan fingerprint density at radius 3 is 1.45 bits per heavy atom. The van der Waals surface area contributed by atoms with Crippen LogP contribution >= 0.6 is 0 Å². The third-order valence-electron chi connectivity index (χ3n) is 12.6. The zero-order chi connectivity index (χ0) is 37.9. The van der Waals surface area contributed by atoms with Crippen molar-refractivity contribution in [1.82, 2.24) is 9.13 Å². The number of aromatic nitrogens is 2. The minimum atomic E-state index is 1.16. The second-order valence-corrected chi connectivity index (χ2v) is 15.7. The number of benzene rings is 10. The molecule has 0 unspecified atom stereocenters. The van der Waals surface area contributed by atoms with Crippen LogP contribution in [-0.2, 0) is 0 Å². The lowest BCUT2D eigenvalue weighted by Crippen LogP contribution is -1.94. The monoisotopic (exact) mass is 734 g/mol. The van der Waals surface area contributed by atoms with Crippen LogP contribution in [0.4, 0.5) is 0 Å². The predicted molar refractivity (Wildman–Crippen MR) is 245 cm³/mol. The van der Waals surface area contributed by atoms with E-state index in [9.17, 15) is 0 Å². The maximum absolute atomic E-state index is 2.42. The van der Waals surface area contributed by atoms with Crippen LogP contribution in [0.25, 0.3) is 121 Å². The lowest BCUT2D eigenvalue weighted by molar-refractivity contribution is 1.18. The standard InChI is InChI=1S/C56H34N2/c1-2-12-40(13-3-1)57-52-19-8-6-15-44(52)49-32-37(24-29-54(49)57)38-25-30-55-50(33-38)45-16-7-9-20-53(45)58(55)41-26-21-35(22-27-41)36-23-28-43-47-18-10-17-46-42-14-5-4-11-39(42)34-51(56(46)47)48(43)31-36/h1-34H. The zero-order valence-electron chi connectivity index (χ0n) is 31.5. The molecular formula is C56H34N2. The number of nitrogens with zero attached hydrogens (tertiary/aromatic N) is 2. The molecule has 58 heavy (non-hydrogen) atoms. The van der Waals surface area contributed by atoms with Crippen molar-refractivity contribution in [2.75, 3.05) is 0 Å². The van der Waals surface area contributed by atoms with E-state index in [0.717, 1.165) is 5.69 Å². The molecule has 0 bridgehead atoms. The Labute approximate surface area is 335 Å². The number of hydrogen-bond donors (Lipinski definition) is 0. The quantitative estimate of drug-likeness (QED) is 0.159. The molecule has 1 aliphatic carbocycles. The third kappa shape index (κ3) is 4.43. The average molecular weight is 735 g/mol. The van der Waals surface area contributed by atoms with Gasteiger partial charge < -0.3 is 9.13 Å². The summed E-state index contributed by atoms with van der Waals surface area (Å²) in [6.45, 7) is 0. The molecule has 0 fully saturated rings. The highest BCUT2D eigenvalue weighted by atomic mass is 15.0. The van der Waals surface area contributed by atoms with E-state index in [-0.39, 0.29) is 0 Å². The fraction of sp³-hybridized carbons (Fsp3) is 0. The highest BCUT2D eigenvalue weighted by molar-refractivity contribution is 6.23. The Bertz CT molecular complexity index is 3660. The molecule has 2 heterocycles. The van der Waals surface area contributed by atoms with Crippen molar-refractivity contribution in [1.29, 1.82) is 0 Å². The van der Waals surface area contributed by atoms with Gasteiger partial charge >= 0.3 is 0 Å². The van der Waals surface area contributed by atoms with E-state index in [0.29, 0.717) is 0 Å². The maximum atomic E-state index is 2.42. The van der Waals surface area contributed by atoms with Crippen molar-refractivity contribution < 1.29 is 0 Å². The van der Waals surface area contributed by atoms with Crippen molar-refractivity contribution in [2.45, 2.75) is 0 Å². The van der Waals surface area contributed by atoms with Gasteiger partial charge in [0.05, 0.1) is 22.1 Å². The fourth-order valence-electron chi connectivity index (χ4n) is 10.0. The van der Waals surface area contributed by atoms with Crippen molar-refractivity contribution >= 4 is 65.2 Å². The van der Waals surface area contributed by atoms with Gasteiger partial charge in [0.25, 0.3) is 0 Å². The molecule has 0 amide bonds. The van der Waals surface area contributed by atoms with Crippen molar-refractivity contribution in [3.05, 3.63) is 206 Å². The normalized spacial score (nSPS) is 12.1. The minimum Gasteiger partial charge on any atom is -0.309 e. The molecule has 0 radical (unpaired) electrons. The summed E-state index contributed by atoms with van der Waals surface area (Å²) in [7, 11) is 0. The number of rotatable bonds is 4. The van der Waals surface area contributed by atoms with Gasteiger partial charge in [0.2, 0.25) is 0 Å². The molecule has 2 nitrogen and oxygen atoms in total. The Morgan fingerprint density at radius 1 is 0.241 bits per heavy atom. The smallest absolute Gasteiger partial charge is 0.0541 e. The molecule has 0 aliphatic heterocycles. The van der Waals surface area contributed by atoms with Gasteiger partial charge in [-0.15, -0.1) is 0 Å². The molecule has 0 saturated heterocycles. The minimum absolute atomic E-state index is 1.16. The van der Waals surface area contributed by atoms with Gasteiger partial charge in [-0.1, -0.05) is 133 Å². The molecule has 1 aliphatic rings. The summed E-state index contributed by atoms with van der Waals surface area (Å²) in [5.41, 5.74) is 17.4. The van der Waals surface area contributed by atoms with Crippen LogP contribution in [0.1, 0.15) is 0 Å². The van der Waals surface area contributed by atoms with Crippen LogP contribution < -0.4 is 0 Å². The van der Waals surface area contributed by atoms with Crippen LogP contribution in [0, 0.1) is 0 Å². The van der Waals surface area contributed by atoms with E-state index in [1.807, 2.05) is 0 Å². The van der Waals surface area contributed by atoms with E-state index < -0.39 is 0 Å². The molecule has 268 valence electrons. The molecule has 13 rings (SSSR count). The first-order chi connectivity index (χ1) is 28.8. The molecule has 0 N–H and O–H groups in total. The summed E-state index contributed by atoms with van der Waals surface area (Å²) < 4.78 is 4.79. The summed E-state index contributed by atoms with van der Waals surface area (Å²) in [5, 5.41) is 10.3. The maximum Gasteiger partial charge on any atom is 0.0541 e. The van der Waals surface area contributed by atoms with Gasteiger partial charge in [0.15, 0.2) is 0 Å². The lowest BCUT2D eigenvalue weighted by Gasteiger charge is -2.11. The molecule has 2 heteroatoms. The largest absolute Gasteiger partial charge is 0.309 e. The Morgan fingerprint density at radius 2 is 0.759 bits per heavy atom. The average Bonchev–Trinajstić information content (AvgIpc) is 3.92. The van der Waals surface area contributed by atoms with Crippen LogP contribution in [0.5, 0.6) is 0 Å². The number of fused-ring (bicyclic) bond motifs is 11. The van der Waals surface area contributed by atoms with E-state index in [2.05, 4.69) is 215 Å². The van der Waals surface area contributed by atoms with Gasteiger partial charge in [-0.2, -0.15) is 0 Å². The van der Waals surface area contributed by atoms with Gasteiger partial charge in [0.1, 0.15) is 0 Å². The molecule has 10 aromatic carbocycles. The summed E-state index contributed by atoms with van der Waals surface area (Å²) >= 11 is 0. The second kappa shape index (κ2) is 11.9. The van der Waals surface area contributed by atoms with Crippen LogP contribution in [-0.4, -0.2) is 9.13 Å². The van der Waals surface area contributed by atoms with Gasteiger partial charge in [0, 0.05) is 32.9 Å². The Kier molecular flexibility index (Phi) is 6.47. The Balaban J connectivity index is 0.900. The van der Waals surface area contributed by atoms with Crippen molar-refractivity contribution in [3.8, 4) is 55.9 Å². The van der Waals surface area contributed by atoms with E-state index in [1.54, 1.807) is 0 Å². The van der Waals surface area contributed by atoms with E-state index in [1.165, 1.54) is 115 Å². The van der Waals surface area contributed by atoms with E-state index >= 15 is 0 Å². The Hall–Kier alpha value is -7.68. The fourth-order valence-corrected chi connectivity index (χ4v) is 10.0. The van der Waals surface area contributed by atoms with Crippen molar-refractivity contribution in [2.24, 2.45) is 0 Å². The van der Waals surface area contributed by atoms with Gasteiger partial charge in [-0.3, -0.25) is 0 Å². The first-order valence-electron chi connectivity index (χ1n) is 20.1. The summed E-state index contributed by atoms with van der Waals surface area (Å²) in [6, 6.07) is 76.2. The summed E-state index contributed by atoms with van der Waals surface area (Å²) in [6.07, 6.45) is 0. The number of hydrogen-bond acceptors (Lipinski definition) is 0. The lowest BCUT2D eigenvalue weighted by atomic mass is 9.95. The van der Waals surface area contributed by atoms with Crippen LogP contribution in [0.3, 0.4) is 0 Å². The van der Waals surface area contributed by atoms with Gasteiger partial charge in [-0.05, 0) is 139 Å². The van der Waals surface area contributed by atoms with Gasteiger partial charge in [-0.25, -0.2) is 0 Å². The molecule has 0 spiro atoms.